The fraction of sp³-hybridized carbons (Fsp3) is 0.538. The maximum atomic E-state index is 12.1. The van der Waals surface area contributed by atoms with Crippen molar-refractivity contribution in [2.24, 2.45) is 0 Å². The van der Waals surface area contributed by atoms with Crippen LogP contribution in [0.3, 0.4) is 0 Å². The van der Waals surface area contributed by atoms with Gasteiger partial charge in [-0.3, -0.25) is 0 Å². The Morgan fingerprint density at radius 1 is 1.20 bits per heavy atom. The molecule has 1 N–H and O–H groups in total. The Labute approximate surface area is 135 Å². The van der Waals surface area contributed by atoms with Gasteiger partial charge < -0.3 is 10.5 Å². The van der Waals surface area contributed by atoms with Crippen molar-refractivity contribution in [1.82, 2.24) is 0 Å². The predicted octanol–water partition coefficient (Wildman–Crippen LogP) is 4.11. The number of hydrogen-bond acceptors (Lipinski definition) is 2. The first kappa shape index (κ1) is 18.1. The number of rotatable bonds is 3. The molecule has 2 atom stereocenters. The topological polar surface area (TPSA) is 72.0 Å². The normalized spacial score (nSPS) is 22.8. The number of sulfonamides is 1. The molecule has 4 nitrogen and oxygen atoms in total. The molecule has 20 heavy (non-hydrogen) atoms. The van der Waals surface area contributed by atoms with E-state index in [2.05, 4.69) is 14.4 Å². The van der Waals surface area contributed by atoms with E-state index in [1.54, 1.807) is 24.3 Å². The van der Waals surface area contributed by atoms with E-state index in [0.717, 1.165) is 24.8 Å². The molecule has 7 heteroatoms. The van der Waals surface area contributed by atoms with Crippen LogP contribution in [0.4, 0.5) is 0 Å². The molecule has 1 saturated carbocycles. The average molecular weight is 403 g/mol. The number of benzene rings is 1. The van der Waals surface area contributed by atoms with Gasteiger partial charge in [0.15, 0.2) is 0 Å². The zero-order valence-electron chi connectivity index (χ0n) is 11.2. The fourth-order valence-electron chi connectivity index (χ4n) is 2.19. The van der Waals surface area contributed by atoms with E-state index in [9.17, 15) is 8.42 Å². The van der Waals surface area contributed by atoms with Crippen molar-refractivity contribution in [3.63, 3.8) is 0 Å². The molecule has 1 aromatic carbocycles. The molecule has 1 aliphatic rings. The Bertz CT molecular complexity index is 508. The Balaban J connectivity index is 0.000000956. The van der Waals surface area contributed by atoms with Gasteiger partial charge >= 0.3 is 27.0 Å². The molecule has 0 aliphatic heterocycles. The molecule has 0 saturated heterocycles. The molecular formula is C13H18ClN2O2RuS. The van der Waals surface area contributed by atoms with Crippen LogP contribution >= 0.6 is 9.69 Å². The van der Waals surface area contributed by atoms with Crippen molar-refractivity contribution in [1.29, 1.82) is 0 Å². The number of hydrogen-bond donors (Lipinski definition) is 0. The molecule has 0 amide bonds. The molecule has 0 unspecified atom stereocenters. The molecule has 2 rings (SSSR count). The van der Waals surface area contributed by atoms with Crippen molar-refractivity contribution >= 4 is 19.7 Å². The van der Waals surface area contributed by atoms with E-state index in [1.165, 1.54) is 0 Å². The Hall–Kier alpha value is 0.00338. The minimum atomic E-state index is -3.60. The molecular weight excluding hydrogens is 385 g/mol. The van der Waals surface area contributed by atoms with Crippen LogP contribution in [0.1, 0.15) is 31.2 Å². The first-order valence-electron chi connectivity index (χ1n) is 6.37. The molecule has 1 aromatic rings. The number of aryl methyl sites for hydroxylation is 1. The predicted molar refractivity (Wildman–Crippen MR) is 77.9 cm³/mol. The zero-order valence-corrected chi connectivity index (χ0v) is 14.5. The van der Waals surface area contributed by atoms with Gasteiger partial charge in [0.2, 0.25) is 0 Å². The molecule has 1 fully saturated rings. The molecule has 0 aromatic heterocycles. The Kier molecular flexibility index (Phi) is 7.62. The van der Waals surface area contributed by atoms with Crippen LogP contribution in [0.5, 0.6) is 0 Å². The van der Waals surface area contributed by atoms with Crippen LogP contribution in [0, 0.1) is 6.92 Å². The van der Waals surface area contributed by atoms with Crippen molar-refractivity contribution < 1.29 is 25.7 Å². The van der Waals surface area contributed by atoms with E-state index in [1.807, 2.05) is 24.2 Å². The summed E-state index contributed by atoms with van der Waals surface area (Å²) in [4.78, 5) is 0.228. The zero-order chi connectivity index (χ0) is 15.2. The van der Waals surface area contributed by atoms with E-state index in [0.29, 0.717) is 6.42 Å². The van der Waals surface area contributed by atoms with E-state index >= 15 is 0 Å². The van der Waals surface area contributed by atoms with E-state index in [-0.39, 0.29) is 17.0 Å². The summed E-state index contributed by atoms with van der Waals surface area (Å²) in [5.41, 5.74) is 8.87. The second-order valence-electron chi connectivity index (χ2n) is 4.85. The Morgan fingerprint density at radius 2 is 1.75 bits per heavy atom. The number of nitrogens with zero attached hydrogens (tertiary/aromatic N) is 1. The summed E-state index contributed by atoms with van der Waals surface area (Å²) in [5, 5.41) is 0. The number of nitrogens with one attached hydrogen (secondary N) is 1. The summed E-state index contributed by atoms with van der Waals surface area (Å²) >= 11 is 1.82. The maximum absolute atomic E-state index is 12.1. The third-order valence-electron chi connectivity index (χ3n) is 3.32. The average Bonchev–Trinajstić information content (AvgIpc) is 2.44. The molecule has 1 aliphatic carbocycles. The van der Waals surface area contributed by atoms with Crippen LogP contribution in [0.2, 0.25) is 0 Å². The van der Waals surface area contributed by atoms with Crippen LogP contribution in [0.15, 0.2) is 29.2 Å². The molecule has 113 valence electrons. The van der Waals surface area contributed by atoms with Crippen LogP contribution in [-0.4, -0.2) is 20.5 Å². The van der Waals surface area contributed by atoms with Crippen LogP contribution < -0.4 is 0 Å². The summed E-state index contributed by atoms with van der Waals surface area (Å²) in [7, 11) is 0.964. The van der Waals surface area contributed by atoms with Gasteiger partial charge in [-0.25, -0.2) is 8.42 Å². The summed E-state index contributed by atoms with van der Waals surface area (Å²) in [5.74, 6) is 0. The van der Waals surface area contributed by atoms with Gasteiger partial charge in [-0.05, 0) is 19.1 Å². The second kappa shape index (κ2) is 8.45. The van der Waals surface area contributed by atoms with E-state index < -0.39 is 10.0 Å². The van der Waals surface area contributed by atoms with Gasteiger partial charge in [0.1, 0.15) is 10.0 Å². The summed E-state index contributed by atoms with van der Waals surface area (Å²) < 4.78 is 28.1. The number of halogens is 1. The van der Waals surface area contributed by atoms with Gasteiger partial charge in [0.05, 0.1) is 0 Å². The van der Waals surface area contributed by atoms with Gasteiger partial charge in [-0.2, -0.15) is 6.04 Å². The molecule has 0 spiro atoms. The summed E-state index contributed by atoms with van der Waals surface area (Å²) in [6.07, 6.45) is 3.43. The fourth-order valence-corrected chi connectivity index (χ4v) is 3.40. The molecule has 0 heterocycles. The van der Waals surface area contributed by atoms with Crippen LogP contribution in [0.25, 0.3) is 10.5 Å². The van der Waals surface area contributed by atoms with Crippen molar-refractivity contribution in [2.45, 2.75) is 49.6 Å². The summed E-state index contributed by atoms with van der Waals surface area (Å²) in [6.45, 7) is 1.91. The summed E-state index contributed by atoms with van der Waals surface area (Å²) in [6, 6.07) is 5.94. The second-order valence-corrected chi connectivity index (χ2v) is 6.48. The van der Waals surface area contributed by atoms with E-state index in [4.69, 9.17) is 5.73 Å². The van der Waals surface area contributed by atoms with Crippen molar-refractivity contribution in [3.05, 3.63) is 40.3 Å². The SMILES string of the molecule is Cc1ccc(S(=O)(=O)[N-][C@@H]2CCCC[C@H]2[NH-])cc1.[Cl][Ru+2]. The minimum absolute atomic E-state index is 0.228. The first-order chi connectivity index (χ1) is 9.49. The Morgan fingerprint density at radius 3 is 2.30 bits per heavy atom. The standard InChI is InChI=1S/C13H18N2O2S.ClH.Ru/c1-10-6-8-11(9-7-10)18(16,17)15-13-5-3-2-4-12(13)14;;/h6-9,12-14H,2-5H2,1H3;1H;/q-2;;+3/p-1/t12-,13-;;/m1../s1. The molecule has 0 bridgehead atoms. The third-order valence-corrected chi connectivity index (χ3v) is 4.74. The molecule has 0 radical (unpaired) electrons. The van der Waals surface area contributed by atoms with Gasteiger partial charge in [0, 0.05) is 4.90 Å². The third kappa shape index (κ3) is 5.08. The quantitative estimate of drug-likeness (QED) is 0.714. The monoisotopic (exact) mass is 403 g/mol. The van der Waals surface area contributed by atoms with Gasteiger partial charge in [-0.15, -0.1) is 6.04 Å². The van der Waals surface area contributed by atoms with Gasteiger partial charge in [0.25, 0.3) is 0 Å². The first-order valence-corrected chi connectivity index (χ1v) is 10.0. The van der Waals surface area contributed by atoms with Crippen molar-refractivity contribution in [2.75, 3.05) is 0 Å². The van der Waals surface area contributed by atoms with Crippen molar-refractivity contribution in [3.8, 4) is 0 Å². The van der Waals surface area contributed by atoms with Crippen LogP contribution in [-0.2, 0) is 27.3 Å². The van der Waals surface area contributed by atoms with Gasteiger partial charge in [-0.1, -0.05) is 43.4 Å².